The van der Waals surface area contributed by atoms with E-state index in [1.807, 2.05) is 6.92 Å². The molecule has 1 rings (SSSR count). The third-order valence-corrected chi connectivity index (χ3v) is 2.96. The van der Waals surface area contributed by atoms with E-state index in [1.54, 1.807) is 0 Å². The second kappa shape index (κ2) is 6.63. The molecule has 4 heteroatoms. The maximum Gasteiger partial charge on any atom is 0.220 e. The molecular formula is C12H22N2O2. The number of carbonyl (C=O) groups is 2. The van der Waals surface area contributed by atoms with Gasteiger partial charge in [-0.3, -0.25) is 9.59 Å². The van der Waals surface area contributed by atoms with Crippen LogP contribution >= 0.6 is 0 Å². The highest BCUT2D eigenvalue weighted by atomic mass is 16.2. The van der Waals surface area contributed by atoms with Gasteiger partial charge in [0.15, 0.2) is 5.78 Å². The van der Waals surface area contributed by atoms with Crippen LogP contribution in [0.15, 0.2) is 0 Å². The minimum atomic E-state index is -0.279. The summed E-state index contributed by atoms with van der Waals surface area (Å²) < 4.78 is 0. The third kappa shape index (κ3) is 4.31. The fourth-order valence-corrected chi connectivity index (χ4v) is 1.94. The highest BCUT2D eigenvalue weighted by Crippen LogP contribution is 2.08. The van der Waals surface area contributed by atoms with Gasteiger partial charge in [0.2, 0.25) is 5.91 Å². The predicted octanol–water partition coefficient (Wildman–Crippen LogP) is 1.00. The van der Waals surface area contributed by atoms with Gasteiger partial charge in [-0.2, -0.15) is 0 Å². The van der Waals surface area contributed by atoms with Crippen molar-refractivity contribution in [3.05, 3.63) is 0 Å². The van der Waals surface area contributed by atoms with E-state index in [9.17, 15) is 9.59 Å². The standard InChI is InChI=1S/C12H22N2O2/c1-3-5-12(16)14-10-7-4-6-9(2)13-8-11(10)15/h9-10,13H,3-8H2,1-2H3,(H,14,16). The lowest BCUT2D eigenvalue weighted by molar-refractivity contribution is -0.127. The van der Waals surface area contributed by atoms with E-state index >= 15 is 0 Å². The van der Waals surface area contributed by atoms with Gasteiger partial charge in [0.25, 0.3) is 0 Å². The first-order chi connectivity index (χ1) is 7.63. The lowest BCUT2D eigenvalue weighted by Crippen LogP contribution is -2.47. The summed E-state index contributed by atoms with van der Waals surface area (Å²) in [6.07, 6.45) is 4.15. The quantitative estimate of drug-likeness (QED) is 0.755. The molecule has 0 aliphatic carbocycles. The first-order valence-corrected chi connectivity index (χ1v) is 6.19. The van der Waals surface area contributed by atoms with Gasteiger partial charge in [-0.15, -0.1) is 0 Å². The van der Waals surface area contributed by atoms with E-state index in [0.717, 1.165) is 25.7 Å². The van der Waals surface area contributed by atoms with Crippen molar-refractivity contribution in [2.45, 2.75) is 58.0 Å². The molecule has 2 unspecified atom stereocenters. The minimum absolute atomic E-state index is 0.00512. The van der Waals surface area contributed by atoms with Gasteiger partial charge in [-0.1, -0.05) is 6.92 Å². The summed E-state index contributed by atoms with van der Waals surface area (Å²) >= 11 is 0. The molecule has 92 valence electrons. The Hall–Kier alpha value is -0.900. The third-order valence-electron chi connectivity index (χ3n) is 2.96. The Morgan fingerprint density at radius 2 is 2.25 bits per heavy atom. The Kier molecular flexibility index (Phi) is 5.46. The predicted molar refractivity (Wildman–Crippen MR) is 63.2 cm³/mol. The van der Waals surface area contributed by atoms with Gasteiger partial charge in [0.05, 0.1) is 12.6 Å². The average molecular weight is 226 g/mol. The number of amides is 1. The lowest BCUT2D eigenvalue weighted by atomic mass is 9.99. The molecule has 0 spiro atoms. The molecule has 0 aromatic heterocycles. The van der Waals surface area contributed by atoms with Gasteiger partial charge in [0, 0.05) is 12.5 Å². The Morgan fingerprint density at radius 3 is 2.94 bits per heavy atom. The number of hydrogen-bond donors (Lipinski definition) is 2. The number of hydrogen-bond acceptors (Lipinski definition) is 3. The van der Waals surface area contributed by atoms with Crippen molar-refractivity contribution in [1.82, 2.24) is 10.6 Å². The Morgan fingerprint density at radius 1 is 1.50 bits per heavy atom. The van der Waals surface area contributed by atoms with Crippen LogP contribution in [0.25, 0.3) is 0 Å². The highest BCUT2D eigenvalue weighted by molar-refractivity contribution is 5.90. The highest BCUT2D eigenvalue weighted by Gasteiger charge is 2.22. The van der Waals surface area contributed by atoms with Crippen LogP contribution in [-0.4, -0.2) is 30.3 Å². The molecule has 1 aliphatic heterocycles. The molecule has 2 N–H and O–H groups in total. The van der Waals surface area contributed by atoms with Crippen LogP contribution in [-0.2, 0) is 9.59 Å². The number of nitrogens with one attached hydrogen (secondary N) is 2. The van der Waals surface area contributed by atoms with Crippen LogP contribution < -0.4 is 10.6 Å². The largest absolute Gasteiger partial charge is 0.346 e. The van der Waals surface area contributed by atoms with Crippen LogP contribution in [0.5, 0.6) is 0 Å². The van der Waals surface area contributed by atoms with Gasteiger partial charge < -0.3 is 10.6 Å². The molecule has 0 aromatic carbocycles. The average Bonchev–Trinajstić information content (AvgIpc) is 2.23. The molecule has 0 aromatic rings. The zero-order valence-corrected chi connectivity index (χ0v) is 10.2. The molecule has 0 bridgehead atoms. The number of Topliss-reactive ketones (excluding diaryl/α,β-unsaturated/α-hetero) is 1. The Balaban J connectivity index is 2.44. The summed E-state index contributed by atoms with van der Waals surface area (Å²) in [4.78, 5) is 23.2. The smallest absolute Gasteiger partial charge is 0.220 e. The molecular weight excluding hydrogens is 204 g/mol. The van der Waals surface area contributed by atoms with Crippen molar-refractivity contribution in [2.75, 3.05) is 6.54 Å². The molecule has 0 radical (unpaired) electrons. The molecule has 1 fully saturated rings. The summed E-state index contributed by atoms with van der Waals surface area (Å²) in [5, 5.41) is 5.99. The molecule has 1 heterocycles. The van der Waals surface area contributed by atoms with E-state index in [2.05, 4.69) is 17.6 Å². The zero-order chi connectivity index (χ0) is 12.0. The molecule has 4 nitrogen and oxygen atoms in total. The van der Waals surface area contributed by atoms with Crippen molar-refractivity contribution < 1.29 is 9.59 Å². The van der Waals surface area contributed by atoms with Crippen molar-refractivity contribution >= 4 is 11.7 Å². The molecule has 1 saturated heterocycles. The lowest BCUT2D eigenvalue weighted by Gasteiger charge is -2.23. The molecule has 0 saturated carbocycles. The van der Waals surface area contributed by atoms with Gasteiger partial charge >= 0.3 is 0 Å². The Bertz CT molecular complexity index is 253. The van der Waals surface area contributed by atoms with Crippen LogP contribution in [0.4, 0.5) is 0 Å². The van der Waals surface area contributed by atoms with Crippen LogP contribution in [0, 0.1) is 0 Å². The van der Waals surface area contributed by atoms with E-state index in [1.165, 1.54) is 0 Å². The SMILES string of the molecule is CCCC(=O)NC1CCCC(C)NCC1=O. The maximum absolute atomic E-state index is 11.8. The normalized spacial score (nSPS) is 27.0. The minimum Gasteiger partial charge on any atom is -0.346 e. The zero-order valence-electron chi connectivity index (χ0n) is 10.2. The van der Waals surface area contributed by atoms with Gasteiger partial charge in [-0.25, -0.2) is 0 Å². The molecule has 1 amide bonds. The molecule has 2 atom stereocenters. The molecule has 16 heavy (non-hydrogen) atoms. The van der Waals surface area contributed by atoms with Gasteiger partial charge in [-0.05, 0) is 32.6 Å². The summed E-state index contributed by atoms with van der Waals surface area (Å²) in [6, 6.07) is 0.121. The first kappa shape index (κ1) is 13.2. The van der Waals surface area contributed by atoms with Crippen molar-refractivity contribution in [3.8, 4) is 0 Å². The maximum atomic E-state index is 11.8. The summed E-state index contributed by atoms with van der Waals surface area (Å²) in [5.74, 6) is 0.102. The summed E-state index contributed by atoms with van der Waals surface area (Å²) in [6.45, 7) is 4.42. The number of ketones is 1. The van der Waals surface area contributed by atoms with Crippen molar-refractivity contribution in [3.63, 3.8) is 0 Å². The number of rotatable bonds is 3. The van der Waals surface area contributed by atoms with Gasteiger partial charge in [0.1, 0.15) is 0 Å². The second-order valence-electron chi connectivity index (χ2n) is 4.55. The summed E-state index contributed by atoms with van der Waals surface area (Å²) in [7, 11) is 0. The van der Waals surface area contributed by atoms with Crippen LogP contribution in [0.1, 0.15) is 46.0 Å². The van der Waals surface area contributed by atoms with E-state index in [0.29, 0.717) is 19.0 Å². The number of carbonyl (C=O) groups excluding carboxylic acids is 2. The van der Waals surface area contributed by atoms with E-state index in [4.69, 9.17) is 0 Å². The first-order valence-electron chi connectivity index (χ1n) is 6.19. The fraction of sp³-hybridized carbons (Fsp3) is 0.833. The fourth-order valence-electron chi connectivity index (χ4n) is 1.94. The summed E-state index contributed by atoms with van der Waals surface area (Å²) in [5.41, 5.74) is 0. The van der Waals surface area contributed by atoms with Crippen LogP contribution in [0.3, 0.4) is 0 Å². The monoisotopic (exact) mass is 226 g/mol. The second-order valence-corrected chi connectivity index (χ2v) is 4.55. The molecule has 1 aliphatic rings. The van der Waals surface area contributed by atoms with E-state index < -0.39 is 0 Å². The van der Waals surface area contributed by atoms with Crippen molar-refractivity contribution in [2.24, 2.45) is 0 Å². The van der Waals surface area contributed by atoms with E-state index in [-0.39, 0.29) is 17.7 Å². The topological polar surface area (TPSA) is 58.2 Å². The van der Waals surface area contributed by atoms with Crippen molar-refractivity contribution in [1.29, 1.82) is 0 Å². The Labute approximate surface area is 97.2 Å². The van der Waals surface area contributed by atoms with Crippen LogP contribution in [0.2, 0.25) is 0 Å².